The molecule has 0 atom stereocenters. The third kappa shape index (κ3) is 3.71. The van der Waals surface area contributed by atoms with Crippen molar-refractivity contribution in [3.63, 3.8) is 0 Å². The van der Waals surface area contributed by atoms with Gasteiger partial charge in [-0.3, -0.25) is 9.48 Å². The van der Waals surface area contributed by atoms with E-state index in [9.17, 15) is 13.2 Å². The Balaban J connectivity index is 2.19. The van der Waals surface area contributed by atoms with E-state index in [0.29, 0.717) is 16.0 Å². The average molecular weight is 406 g/mol. The van der Waals surface area contributed by atoms with Crippen molar-refractivity contribution in [1.29, 1.82) is 0 Å². The van der Waals surface area contributed by atoms with Crippen molar-refractivity contribution in [3.05, 3.63) is 47.4 Å². The normalized spacial score (nSPS) is 12.5. The highest BCUT2D eigenvalue weighted by Gasteiger charge is 2.17. The SMILES string of the molecule is C=CCn1c(=NC(=O)c2cn(C)nc2OC)sc2cc(S(C)(=O)=O)ccc21. The van der Waals surface area contributed by atoms with Crippen molar-refractivity contribution >= 4 is 37.3 Å². The number of methoxy groups -OCH3 is 1. The summed E-state index contributed by atoms with van der Waals surface area (Å²) in [5.74, 6) is -0.297. The average Bonchev–Trinajstić information content (AvgIpc) is 3.14. The predicted molar refractivity (Wildman–Crippen MR) is 103 cm³/mol. The Labute approximate surface area is 160 Å². The van der Waals surface area contributed by atoms with E-state index in [0.717, 1.165) is 11.8 Å². The van der Waals surface area contributed by atoms with Gasteiger partial charge in [0.1, 0.15) is 5.56 Å². The van der Waals surface area contributed by atoms with Gasteiger partial charge >= 0.3 is 0 Å². The Morgan fingerprint density at radius 2 is 2.19 bits per heavy atom. The topological polar surface area (TPSA) is 95.5 Å². The van der Waals surface area contributed by atoms with Crippen molar-refractivity contribution in [2.24, 2.45) is 12.0 Å². The fourth-order valence-electron chi connectivity index (χ4n) is 2.59. The zero-order valence-electron chi connectivity index (χ0n) is 15.0. The molecule has 1 aromatic carbocycles. The molecule has 0 bridgehead atoms. The van der Waals surface area contributed by atoms with Crippen LogP contribution < -0.4 is 9.54 Å². The highest BCUT2D eigenvalue weighted by atomic mass is 32.2. The number of carbonyl (C=O) groups is 1. The van der Waals surface area contributed by atoms with E-state index >= 15 is 0 Å². The molecule has 0 spiro atoms. The van der Waals surface area contributed by atoms with E-state index in [-0.39, 0.29) is 16.3 Å². The maximum absolute atomic E-state index is 12.6. The fourth-order valence-corrected chi connectivity index (χ4v) is 4.39. The van der Waals surface area contributed by atoms with E-state index in [4.69, 9.17) is 4.74 Å². The lowest BCUT2D eigenvalue weighted by Gasteiger charge is -2.02. The second kappa shape index (κ2) is 7.12. The number of ether oxygens (including phenoxy) is 1. The van der Waals surface area contributed by atoms with E-state index in [1.807, 2.05) is 0 Å². The minimum absolute atomic E-state index is 0.196. The van der Waals surface area contributed by atoms with Gasteiger partial charge in [0.15, 0.2) is 14.6 Å². The van der Waals surface area contributed by atoms with Crippen LogP contribution in [0.5, 0.6) is 5.88 Å². The first-order valence-corrected chi connectivity index (χ1v) is 10.6. The number of amides is 1. The molecule has 27 heavy (non-hydrogen) atoms. The summed E-state index contributed by atoms with van der Waals surface area (Å²) in [6.07, 6.45) is 4.38. The number of fused-ring (bicyclic) bond motifs is 1. The van der Waals surface area contributed by atoms with Crippen molar-refractivity contribution < 1.29 is 17.9 Å². The number of hydrogen-bond acceptors (Lipinski definition) is 6. The van der Waals surface area contributed by atoms with Crippen LogP contribution >= 0.6 is 11.3 Å². The zero-order chi connectivity index (χ0) is 19.8. The lowest BCUT2D eigenvalue weighted by Crippen LogP contribution is -2.16. The van der Waals surface area contributed by atoms with Crippen molar-refractivity contribution in [2.45, 2.75) is 11.4 Å². The summed E-state index contributed by atoms with van der Waals surface area (Å²) in [4.78, 5) is 17.5. The number of allylic oxidation sites excluding steroid dienone is 1. The van der Waals surface area contributed by atoms with Gasteiger partial charge in [0.2, 0.25) is 5.88 Å². The monoisotopic (exact) mass is 406 g/mol. The van der Waals surface area contributed by atoms with Crippen LogP contribution in [0.1, 0.15) is 10.4 Å². The first-order valence-electron chi connectivity index (χ1n) is 7.85. The third-order valence-electron chi connectivity index (χ3n) is 3.81. The molecular formula is C17H18N4O4S2. The Morgan fingerprint density at radius 3 is 2.81 bits per heavy atom. The molecule has 142 valence electrons. The molecule has 0 aliphatic heterocycles. The predicted octanol–water partition coefficient (Wildman–Crippen LogP) is 1.78. The molecule has 0 unspecified atom stereocenters. The molecule has 3 rings (SSSR count). The fraction of sp³-hybridized carbons (Fsp3) is 0.235. The van der Waals surface area contributed by atoms with Crippen LogP contribution in [-0.2, 0) is 23.4 Å². The van der Waals surface area contributed by atoms with Crippen LogP contribution in [0.15, 0.2) is 46.9 Å². The number of thiazole rings is 1. The van der Waals surface area contributed by atoms with Gasteiger partial charge in [-0.15, -0.1) is 11.7 Å². The van der Waals surface area contributed by atoms with Gasteiger partial charge in [-0.05, 0) is 18.2 Å². The number of carbonyl (C=O) groups excluding carboxylic acids is 1. The number of aromatic nitrogens is 3. The summed E-state index contributed by atoms with van der Waals surface area (Å²) in [5, 5.41) is 4.06. The molecule has 0 N–H and O–H groups in total. The first kappa shape index (κ1) is 19.1. The molecule has 2 aromatic heterocycles. The van der Waals surface area contributed by atoms with E-state index in [1.165, 1.54) is 29.3 Å². The largest absolute Gasteiger partial charge is 0.479 e. The molecule has 3 aromatic rings. The summed E-state index contributed by atoms with van der Waals surface area (Å²) in [5.41, 5.74) is 1.02. The minimum Gasteiger partial charge on any atom is -0.479 e. The van der Waals surface area contributed by atoms with Crippen LogP contribution in [0, 0.1) is 0 Å². The summed E-state index contributed by atoms with van der Waals surface area (Å²) in [7, 11) is -0.213. The highest BCUT2D eigenvalue weighted by molar-refractivity contribution is 7.90. The van der Waals surface area contributed by atoms with Crippen LogP contribution in [-0.4, -0.2) is 42.0 Å². The number of rotatable bonds is 5. The molecule has 0 fully saturated rings. The maximum atomic E-state index is 12.6. The van der Waals surface area contributed by atoms with Gasteiger partial charge in [-0.1, -0.05) is 17.4 Å². The van der Waals surface area contributed by atoms with Crippen molar-refractivity contribution in [3.8, 4) is 5.88 Å². The summed E-state index contributed by atoms with van der Waals surface area (Å²) in [6.45, 7) is 4.16. The van der Waals surface area contributed by atoms with E-state index in [1.54, 1.807) is 35.9 Å². The van der Waals surface area contributed by atoms with Crippen molar-refractivity contribution in [1.82, 2.24) is 14.3 Å². The van der Waals surface area contributed by atoms with E-state index in [2.05, 4.69) is 16.7 Å². The molecule has 0 radical (unpaired) electrons. The molecule has 8 nitrogen and oxygen atoms in total. The van der Waals surface area contributed by atoms with Crippen LogP contribution in [0.3, 0.4) is 0 Å². The lowest BCUT2D eigenvalue weighted by atomic mass is 10.3. The number of sulfone groups is 1. The Morgan fingerprint density at radius 1 is 1.44 bits per heavy atom. The molecule has 0 saturated heterocycles. The van der Waals surface area contributed by atoms with Gasteiger partial charge in [0, 0.05) is 26.0 Å². The quantitative estimate of drug-likeness (QED) is 0.602. The van der Waals surface area contributed by atoms with Gasteiger partial charge in [-0.2, -0.15) is 4.99 Å². The summed E-state index contributed by atoms with van der Waals surface area (Å²) >= 11 is 1.23. The molecule has 1 amide bonds. The molecular weight excluding hydrogens is 388 g/mol. The smallest absolute Gasteiger partial charge is 0.286 e. The first-order chi connectivity index (χ1) is 12.7. The second-order valence-corrected chi connectivity index (χ2v) is 8.85. The number of nitrogens with zero attached hydrogens (tertiary/aromatic N) is 4. The molecule has 0 aliphatic carbocycles. The lowest BCUT2D eigenvalue weighted by molar-refractivity contribution is 0.0995. The van der Waals surface area contributed by atoms with Gasteiger partial charge < -0.3 is 9.30 Å². The Bertz CT molecular complexity index is 1220. The summed E-state index contributed by atoms with van der Waals surface area (Å²) in [6, 6.07) is 4.84. The molecule has 10 heteroatoms. The molecule has 0 aliphatic rings. The number of aryl methyl sites for hydroxylation is 1. The maximum Gasteiger partial charge on any atom is 0.286 e. The number of hydrogen-bond donors (Lipinski definition) is 0. The Hall–Kier alpha value is -2.72. The standard InChI is InChI=1S/C17H18N4O4S2/c1-5-8-21-13-7-6-11(27(4,23)24)9-14(13)26-17(21)18-15(22)12-10-20(2)19-16(12)25-3/h5-7,9-10H,1,8H2,2-4H3. The van der Waals surface area contributed by atoms with Crippen LogP contribution in [0.4, 0.5) is 0 Å². The summed E-state index contributed by atoms with van der Waals surface area (Å²) < 4.78 is 32.7. The van der Waals surface area contributed by atoms with Gasteiger partial charge in [0.05, 0.1) is 22.2 Å². The van der Waals surface area contributed by atoms with Crippen LogP contribution in [0.25, 0.3) is 10.2 Å². The Kier molecular flexibility index (Phi) is 5.03. The third-order valence-corrected chi connectivity index (χ3v) is 5.96. The van der Waals surface area contributed by atoms with Gasteiger partial charge in [-0.25, -0.2) is 8.42 Å². The number of benzene rings is 1. The minimum atomic E-state index is -3.33. The van der Waals surface area contributed by atoms with Gasteiger partial charge in [0.25, 0.3) is 5.91 Å². The van der Waals surface area contributed by atoms with E-state index < -0.39 is 15.7 Å². The van der Waals surface area contributed by atoms with Crippen molar-refractivity contribution in [2.75, 3.05) is 13.4 Å². The van der Waals surface area contributed by atoms with Crippen LogP contribution in [0.2, 0.25) is 0 Å². The second-order valence-electron chi connectivity index (χ2n) is 5.83. The zero-order valence-corrected chi connectivity index (χ0v) is 16.7. The molecule has 0 saturated carbocycles. The highest BCUT2D eigenvalue weighted by Crippen LogP contribution is 2.22. The molecule has 2 heterocycles.